The maximum absolute atomic E-state index is 12.3. The van der Waals surface area contributed by atoms with Crippen molar-refractivity contribution in [3.05, 3.63) is 36.0 Å². The van der Waals surface area contributed by atoms with E-state index in [9.17, 15) is 4.79 Å². The topological polar surface area (TPSA) is 77.2 Å². The Bertz CT molecular complexity index is 678. The number of anilines is 1. The summed E-state index contributed by atoms with van der Waals surface area (Å²) in [5.41, 5.74) is 6.00. The second kappa shape index (κ2) is 5.33. The fourth-order valence-electron chi connectivity index (χ4n) is 2.68. The van der Waals surface area contributed by atoms with Crippen LogP contribution in [0.2, 0.25) is 0 Å². The molecule has 3 N–H and O–H groups in total. The molecule has 1 saturated heterocycles. The molecule has 0 spiro atoms. The van der Waals surface area contributed by atoms with E-state index in [1.54, 1.807) is 6.07 Å². The maximum atomic E-state index is 12.3. The van der Waals surface area contributed by atoms with Crippen molar-refractivity contribution >= 4 is 22.5 Å². The lowest BCUT2D eigenvalue weighted by Crippen LogP contribution is -2.40. The minimum absolute atomic E-state index is 0.218. The number of carbonyl (C=O) groups is 1. The molecule has 1 aliphatic heterocycles. The molecule has 1 aliphatic rings. The highest BCUT2D eigenvalue weighted by Gasteiger charge is 2.30. The summed E-state index contributed by atoms with van der Waals surface area (Å²) in [5, 5.41) is 4.67. The van der Waals surface area contributed by atoms with Crippen LogP contribution in [0.5, 0.6) is 0 Å². The highest BCUT2D eigenvalue weighted by molar-refractivity contribution is 5.99. The van der Waals surface area contributed by atoms with E-state index in [2.05, 4.69) is 10.3 Å². The van der Waals surface area contributed by atoms with Crippen LogP contribution in [0.1, 0.15) is 30.3 Å². The molecule has 0 aliphatic carbocycles. The average Bonchev–Trinajstić information content (AvgIpc) is 2.92. The Morgan fingerprint density at radius 1 is 1.48 bits per heavy atom. The first-order valence-electron chi connectivity index (χ1n) is 7.15. The number of hydrogen-bond donors (Lipinski definition) is 2. The first-order chi connectivity index (χ1) is 10.1. The molecule has 1 atom stereocenters. The summed E-state index contributed by atoms with van der Waals surface area (Å²) in [7, 11) is 0. The van der Waals surface area contributed by atoms with Gasteiger partial charge in [0.2, 0.25) is 0 Å². The number of fused-ring (bicyclic) bond motifs is 1. The summed E-state index contributed by atoms with van der Waals surface area (Å²) >= 11 is 0. The van der Waals surface area contributed by atoms with Crippen LogP contribution in [-0.4, -0.2) is 29.6 Å². The van der Waals surface area contributed by atoms with Gasteiger partial charge in [-0.05, 0) is 31.2 Å². The molecular formula is C16H19N3O2. The summed E-state index contributed by atoms with van der Waals surface area (Å²) in [5.74, 6) is 0.158. The third kappa shape index (κ3) is 2.83. The zero-order chi connectivity index (χ0) is 14.9. The van der Waals surface area contributed by atoms with Gasteiger partial charge in [-0.2, -0.15) is 0 Å². The number of rotatable bonds is 3. The number of nitrogens with one attached hydrogen (secondary N) is 1. The second-order valence-corrected chi connectivity index (χ2v) is 5.70. The lowest BCUT2D eigenvalue weighted by Gasteiger charge is -2.23. The van der Waals surface area contributed by atoms with Crippen LogP contribution in [0.4, 0.5) is 5.82 Å². The minimum Gasteiger partial charge on any atom is -0.383 e. The Morgan fingerprint density at radius 3 is 3.05 bits per heavy atom. The largest absolute Gasteiger partial charge is 0.383 e. The Morgan fingerprint density at radius 2 is 2.29 bits per heavy atom. The third-order valence-corrected chi connectivity index (χ3v) is 3.93. The molecule has 3 rings (SSSR count). The van der Waals surface area contributed by atoms with E-state index in [4.69, 9.17) is 10.5 Å². The first-order valence-corrected chi connectivity index (χ1v) is 7.15. The van der Waals surface area contributed by atoms with E-state index in [0.717, 1.165) is 30.2 Å². The van der Waals surface area contributed by atoms with Crippen LogP contribution in [0.3, 0.4) is 0 Å². The lowest BCUT2D eigenvalue weighted by atomic mass is 10.0. The molecule has 5 nitrogen and oxygen atoms in total. The fraction of sp³-hybridized carbons (Fsp3) is 0.375. The van der Waals surface area contributed by atoms with Crippen molar-refractivity contribution in [1.29, 1.82) is 0 Å². The van der Waals surface area contributed by atoms with Crippen molar-refractivity contribution < 1.29 is 9.53 Å². The number of aromatic nitrogens is 1. The molecule has 0 radical (unpaired) electrons. The summed E-state index contributed by atoms with van der Waals surface area (Å²) in [6.07, 6.45) is 1.99. The van der Waals surface area contributed by atoms with Gasteiger partial charge in [0, 0.05) is 18.5 Å². The number of pyridine rings is 1. The van der Waals surface area contributed by atoms with Crippen LogP contribution in [-0.2, 0) is 4.74 Å². The van der Waals surface area contributed by atoms with Crippen molar-refractivity contribution in [1.82, 2.24) is 10.3 Å². The molecule has 110 valence electrons. The highest BCUT2D eigenvalue weighted by Crippen LogP contribution is 2.24. The number of nitrogens with two attached hydrogens (primary N) is 1. The number of nitrogen functional groups attached to an aromatic ring is 1. The molecule has 21 heavy (non-hydrogen) atoms. The fourth-order valence-corrected chi connectivity index (χ4v) is 2.68. The van der Waals surface area contributed by atoms with Crippen LogP contribution in [0.25, 0.3) is 10.8 Å². The van der Waals surface area contributed by atoms with Gasteiger partial charge in [-0.25, -0.2) is 4.98 Å². The Balaban J connectivity index is 1.78. The lowest BCUT2D eigenvalue weighted by molar-refractivity contribution is 0.0205. The molecule has 0 saturated carbocycles. The molecule has 1 aromatic carbocycles. The average molecular weight is 285 g/mol. The third-order valence-electron chi connectivity index (χ3n) is 3.93. The summed E-state index contributed by atoms with van der Waals surface area (Å²) in [4.78, 5) is 16.4. The predicted octanol–water partition coefficient (Wildman–Crippen LogP) is 2.12. The molecule has 5 heteroatoms. The smallest absolute Gasteiger partial charge is 0.270 e. The van der Waals surface area contributed by atoms with E-state index >= 15 is 0 Å². The number of nitrogens with zero attached hydrogens (tertiary/aromatic N) is 1. The molecule has 1 fully saturated rings. The molecule has 0 bridgehead atoms. The van der Waals surface area contributed by atoms with E-state index in [-0.39, 0.29) is 11.5 Å². The maximum Gasteiger partial charge on any atom is 0.270 e. The molecular weight excluding hydrogens is 266 g/mol. The monoisotopic (exact) mass is 285 g/mol. The van der Waals surface area contributed by atoms with Gasteiger partial charge in [-0.1, -0.05) is 24.3 Å². The van der Waals surface area contributed by atoms with Gasteiger partial charge in [0.25, 0.3) is 5.91 Å². The van der Waals surface area contributed by atoms with Crippen LogP contribution < -0.4 is 11.1 Å². The summed E-state index contributed by atoms with van der Waals surface area (Å²) in [6.45, 7) is 3.26. The van der Waals surface area contributed by atoms with Gasteiger partial charge in [0.15, 0.2) is 0 Å². The predicted molar refractivity (Wildman–Crippen MR) is 82.1 cm³/mol. The number of hydrogen-bond acceptors (Lipinski definition) is 4. The van der Waals surface area contributed by atoms with E-state index < -0.39 is 0 Å². The minimum atomic E-state index is -0.266. The van der Waals surface area contributed by atoms with Gasteiger partial charge in [-0.15, -0.1) is 0 Å². The van der Waals surface area contributed by atoms with Crippen LogP contribution >= 0.6 is 0 Å². The van der Waals surface area contributed by atoms with Gasteiger partial charge < -0.3 is 15.8 Å². The molecule has 1 unspecified atom stereocenters. The van der Waals surface area contributed by atoms with Crippen LogP contribution in [0.15, 0.2) is 30.3 Å². The van der Waals surface area contributed by atoms with Gasteiger partial charge >= 0.3 is 0 Å². The van der Waals surface area contributed by atoms with Gasteiger partial charge in [0.1, 0.15) is 11.5 Å². The zero-order valence-electron chi connectivity index (χ0n) is 12.1. The van der Waals surface area contributed by atoms with Crippen molar-refractivity contribution in [2.45, 2.75) is 25.4 Å². The first kappa shape index (κ1) is 13.8. The second-order valence-electron chi connectivity index (χ2n) is 5.70. The Kier molecular flexibility index (Phi) is 3.51. The quantitative estimate of drug-likeness (QED) is 0.905. The normalized spacial score (nSPS) is 21.6. The number of amides is 1. The number of ether oxygens (including phenoxy) is 1. The highest BCUT2D eigenvalue weighted by atomic mass is 16.5. The standard InChI is InChI=1S/C16H19N3O2/c1-16(7-4-8-21-16)10-18-15(20)13-9-11-5-2-3-6-12(11)14(17)19-13/h2-3,5-6,9H,4,7-8,10H2,1H3,(H2,17,19)(H,18,20). The van der Waals surface area contributed by atoms with Crippen molar-refractivity contribution in [2.75, 3.05) is 18.9 Å². The molecule has 2 aromatic rings. The van der Waals surface area contributed by atoms with E-state index in [1.165, 1.54) is 0 Å². The van der Waals surface area contributed by atoms with Crippen molar-refractivity contribution in [2.24, 2.45) is 0 Å². The molecule has 1 amide bonds. The number of benzene rings is 1. The summed E-state index contributed by atoms with van der Waals surface area (Å²) < 4.78 is 5.66. The number of carbonyl (C=O) groups excluding carboxylic acids is 1. The molecule has 2 heterocycles. The zero-order valence-corrected chi connectivity index (χ0v) is 12.1. The van der Waals surface area contributed by atoms with Crippen LogP contribution in [0, 0.1) is 0 Å². The van der Waals surface area contributed by atoms with Gasteiger partial charge in [-0.3, -0.25) is 4.79 Å². The Labute approximate surface area is 123 Å². The molecule has 1 aromatic heterocycles. The van der Waals surface area contributed by atoms with Crippen molar-refractivity contribution in [3.63, 3.8) is 0 Å². The van der Waals surface area contributed by atoms with E-state index in [1.807, 2.05) is 31.2 Å². The van der Waals surface area contributed by atoms with Gasteiger partial charge in [0.05, 0.1) is 5.60 Å². The SMILES string of the molecule is CC1(CNC(=O)c2cc3ccccc3c(N)n2)CCCO1. The Hall–Kier alpha value is -2.14. The van der Waals surface area contributed by atoms with E-state index in [0.29, 0.717) is 18.1 Å². The van der Waals surface area contributed by atoms with Crippen molar-refractivity contribution in [3.8, 4) is 0 Å². The summed E-state index contributed by atoms with van der Waals surface area (Å²) in [6, 6.07) is 9.40.